The van der Waals surface area contributed by atoms with Crippen LogP contribution in [0, 0.1) is 0 Å². The third-order valence-corrected chi connectivity index (χ3v) is 1.93. The molecule has 20 heavy (non-hydrogen) atoms. The van der Waals surface area contributed by atoms with Gasteiger partial charge in [0.1, 0.15) is 12.6 Å². The highest BCUT2D eigenvalue weighted by atomic mass is 16.4. The van der Waals surface area contributed by atoms with Gasteiger partial charge < -0.3 is 30.0 Å². The van der Waals surface area contributed by atoms with Crippen LogP contribution in [-0.4, -0.2) is 56.5 Å². The summed E-state index contributed by atoms with van der Waals surface area (Å²) in [6.07, 6.45) is 1.08. The molecule has 0 bridgehead atoms. The predicted molar refractivity (Wildman–Crippen MR) is 63.1 cm³/mol. The van der Waals surface area contributed by atoms with Crippen LogP contribution in [-0.2, 0) is 24.0 Å². The van der Waals surface area contributed by atoms with Crippen molar-refractivity contribution < 1.29 is 44.4 Å². The van der Waals surface area contributed by atoms with E-state index < -0.39 is 36.4 Å². The Morgan fingerprint density at radius 3 is 1.40 bits per heavy atom. The number of carbonyl (C=O) groups is 5. The van der Waals surface area contributed by atoms with E-state index in [1.807, 2.05) is 0 Å². The fourth-order valence-electron chi connectivity index (χ4n) is 0.999. The summed E-state index contributed by atoms with van der Waals surface area (Å²) in [6, 6.07) is 0. The molecule has 0 rings (SSSR count). The number of aliphatic carboxylic acids is 3. The molecule has 0 spiro atoms. The van der Waals surface area contributed by atoms with Crippen molar-refractivity contribution in [3.63, 3.8) is 0 Å². The van der Waals surface area contributed by atoms with Crippen LogP contribution >= 0.6 is 0 Å². The highest BCUT2D eigenvalue weighted by molar-refractivity contribution is 5.88. The van der Waals surface area contributed by atoms with Gasteiger partial charge in [0.15, 0.2) is 5.60 Å². The molecular weight excluding hydrogens is 276 g/mol. The Hall–Kier alpha value is -2.29. The molecule has 0 aromatic heterocycles. The highest BCUT2D eigenvalue weighted by Gasteiger charge is 2.40. The van der Waals surface area contributed by atoms with Gasteiger partial charge >= 0.3 is 17.9 Å². The SMILES string of the molecule is O=C(O)CC(O)(CC(=O)O)C(=O)O.O=CCCCC=O. The van der Waals surface area contributed by atoms with E-state index in [4.69, 9.17) is 20.4 Å². The summed E-state index contributed by atoms with van der Waals surface area (Å²) in [5.41, 5.74) is -2.74. The van der Waals surface area contributed by atoms with E-state index in [1.54, 1.807) is 0 Å². The van der Waals surface area contributed by atoms with Crippen molar-refractivity contribution in [2.45, 2.75) is 37.7 Å². The largest absolute Gasteiger partial charge is 0.481 e. The van der Waals surface area contributed by atoms with Gasteiger partial charge in [-0.1, -0.05) is 0 Å². The van der Waals surface area contributed by atoms with Crippen LogP contribution in [0.3, 0.4) is 0 Å². The van der Waals surface area contributed by atoms with Crippen molar-refractivity contribution in [1.82, 2.24) is 0 Å². The first-order chi connectivity index (χ1) is 9.19. The van der Waals surface area contributed by atoms with Gasteiger partial charge in [0.05, 0.1) is 12.8 Å². The maximum Gasteiger partial charge on any atom is 0.336 e. The molecule has 4 N–H and O–H groups in total. The lowest BCUT2D eigenvalue weighted by Crippen LogP contribution is -2.42. The molecule has 0 aliphatic heterocycles. The van der Waals surface area contributed by atoms with Crippen LogP contribution in [0.15, 0.2) is 0 Å². The quantitative estimate of drug-likeness (QED) is 0.317. The van der Waals surface area contributed by atoms with E-state index in [2.05, 4.69) is 0 Å². The number of carboxylic acid groups (broad SMARTS) is 3. The van der Waals surface area contributed by atoms with Gasteiger partial charge in [-0.3, -0.25) is 9.59 Å². The van der Waals surface area contributed by atoms with Crippen LogP contribution in [0.2, 0.25) is 0 Å². The first-order valence-corrected chi connectivity index (χ1v) is 5.46. The van der Waals surface area contributed by atoms with E-state index >= 15 is 0 Å². The second-order valence-corrected chi connectivity index (χ2v) is 3.74. The molecule has 0 saturated carbocycles. The summed E-state index contributed by atoms with van der Waals surface area (Å²) in [5, 5.41) is 33.8. The molecule has 9 heteroatoms. The van der Waals surface area contributed by atoms with Crippen molar-refractivity contribution >= 4 is 30.5 Å². The summed E-state index contributed by atoms with van der Waals surface area (Å²) in [5.74, 6) is -5.02. The van der Waals surface area contributed by atoms with E-state index in [0.29, 0.717) is 19.3 Å². The summed E-state index contributed by atoms with van der Waals surface area (Å²) < 4.78 is 0. The maximum absolute atomic E-state index is 10.3. The molecule has 0 aromatic rings. The molecule has 9 nitrogen and oxygen atoms in total. The number of aliphatic hydroxyl groups is 1. The fourth-order valence-corrected chi connectivity index (χ4v) is 0.999. The van der Waals surface area contributed by atoms with Crippen LogP contribution in [0.1, 0.15) is 32.1 Å². The Kier molecular flexibility index (Phi) is 10.6. The smallest absolute Gasteiger partial charge is 0.336 e. The summed E-state index contributed by atoms with van der Waals surface area (Å²) in [7, 11) is 0. The Labute approximate surface area is 113 Å². The molecule has 0 aliphatic rings. The number of carboxylic acids is 3. The van der Waals surface area contributed by atoms with E-state index in [0.717, 1.165) is 12.6 Å². The number of hydrogen-bond acceptors (Lipinski definition) is 6. The molecule has 114 valence electrons. The van der Waals surface area contributed by atoms with Crippen LogP contribution < -0.4 is 0 Å². The standard InChI is InChI=1S/C6H8O7.C5H8O2/c7-3(8)1-6(13,5(11)12)2-4(9)10;6-4-2-1-3-5-7/h13H,1-2H2,(H,7,8)(H,9,10)(H,11,12);4-5H,1-3H2. The number of carbonyl (C=O) groups excluding carboxylic acids is 2. The lowest BCUT2D eigenvalue weighted by atomic mass is 9.96. The second-order valence-electron chi connectivity index (χ2n) is 3.74. The van der Waals surface area contributed by atoms with E-state index in [-0.39, 0.29) is 0 Å². The zero-order valence-electron chi connectivity index (χ0n) is 10.5. The van der Waals surface area contributed by atoms with Crippen LogP contribution in [0.4, 0.5) is 0 Å². The molecule has 0 heterocycles. The summed E-state index contributed by atoms with van der Waals surface area (Å²) >= 11 is 0. The molecule has 0 saturated heterocycles. The number of rotatable bonds is 9. The molecule has 0 unspecified atom stereocenters. The number of hydrogen-bond donors (Lipinski definition) is 4. The zero-order chi connectivity index (χ0) is 16.2. The van der Waals surface area contributed by atoms with E-state index in [9.17, 15) is 24.0 Å². The molecule has 0 fully saturated rings. The second kappa shape index (κ2) is 10.6. The van der Waals surface area contributed by atoms with Crippen molar-refractivity contribution in [3.8, 4) is 0 Å². The molecule has 0 radical (unpaired) electrons. The minimum absolute atomic E-state index is 0.513. The summed E-state index contributed by atoms with van der Waals surface area (Å²) in [4.78, 5) is 49.6. The number of unbranched alkanes of at least 4 members (excludes halogenated alkanes) is 2. The molecule has 0 amide bonds. The minimum Gasteiger partial charge on any atom is -0.481 e. The van der Waals surface area contributed by atoms with Gasteiger partial charge in [-0.05, 0) is 6.42 Å². The van der Waals surface area contributed by atoms with Crippen molar-refractivity contribution in [2.75, 3.05) is 0 Å². The first-order valence-electron chi connectivity index (χ1n) is 5.46. The monoisotopic (exact) mass is 292 g/mol. The van der Waals surface area contributed by atoms with Crippen LogP contribution in [0.25, 0.3) is 0 Å². The third-order valence-electron chi connectivity index (χ3n) is 1.93. The fraction of sp³-hybridized carbons (Fsp3) is 0.545. The predicted octanol–water partition coefficient (Wildman–Crippen LogP) is -0.694. The van der Waals surface area contributed by atoms with Crippen molar-refractivity contribution in [3.05, 3.63) is 0 Å². The average Bonchev–Trinajstić information content (AvgIpc) is 2.28. The molecule has 0 aliphatic carbocycles. The number of aldehydes is 2. The van der Waals surface area contributed by atoms with Crippen LogP contribution in [0.5, 0.6) is 0 Å². The Morgan fingerprint density at radius 1 is 0.850 bits per heavy atom. The maximum atomic E-state index is 10.3. The topological polar surface area (TPSA) is 166 Å². The highest BCUT2D eigenvalue weighted by Crippen LogP contribution is 2.15. The van der Waals surface area contributed by atoms with Crippen molar-refractivity contribution in [1.29, 1.82) is 0 Å². The lowest BCUT2D eigenvalue weighted by Gasteiger charge is -2.18. The Bertz CT molecular complexity index is 337. The van der Waals surface area contributed by atoms with Crippen molar-refractivity contribution in [2.24, 2.45) is 0 Å². The molecule has 0 atom stereocenters. The first kappa shape index (κ1) is 20.0. The van der Waals surface area contributed by atoms with E-state index in [1.165, 1.54) is 0 Å². The molecule has 0 aromatic carbocycles. The van der Waals surface area contributed by atoms with Gasteiger partial charge in [-0.15, -0.1) is 0 Å². The lowest BCUT2D eigenvalue weighted by molar-refractivity contribution is -0.170. The Balaban J connectivity index is 0. The van der Waals surface area contributed by atoms with Gasteiger partial charge in [-0.25, -0.2) is 4.79 Å². The van der Waals surface area contributed by atoms with Gasteiger partial charge in [0, 0.05) is 12.8 Å². The van der Waals surface area contributed by atoms with Gasteiger partial charge in [0.2, 0.25) is 0 Å². The molecular formula is C11H16O9. The Morgan fingerprint density at radius 2 is 1.20 bits per heavy atom. The zero-order valence-corrected chi connectivity index (χ0v) is 10.5. The minimum atomic E-state index is -2.74. The summed E-state index contributed by atoms with van der Waals surface area (Å²) in [6.45, 7) is 0. The average molecular weight is 292 g/mol. The third kappa shape index (κ3) is 10.8. The van der Waals surface area contributed by atoms with Gasteiger partial charge in [-0.2, -0.15) is 0 Å². The van der Waals surface area contributed by atoms with Gasteiger partial charge in [0.25, 0.3) is 0 Å². The normalized spacial score (nSPS) is 9.85.